The summed E-state index contributed by atoms with van der Waals surface area (Å²) in [6.45, 7) is 0.990. The number of hydrogen-bond donors (Lipinski definition) is 2. The Balaban J connectivity index is 1.15. The number of para-hydroxylation sites is 1. The molecule has 3 atom stereocenters. The van der Waals surface area contributed by atoms with Crippen LogP contribution in [0.1, 0.15) is 48.2 Å². The number of nitrogens with one attached hydrogen (secondary N) is 2. The highest BCUT2D eigenvalue weighted by atomic mass is 32.1. The van der Waals surface area contributed by atoms with Gasteiger partial charge in [0.05, 0.1) is 30.2 Å². The van der Waals surface area contributed by atoms with Gasteiger partial charge in [0.2, 0.25) is 6.17 Å². The number of alkyl halides is 3. The first-order valence-corrected chi connectivity index (χ1v) is 15.7. The predicted octanol–water partition coefficient (Wildman–Crippen LogP) is 5.77. The molecule has 1 saturated heterocycles. The van der Waals surface area contributed by atoms with Crippen LogP contribution in [0.3, 0.4) is 0 Å². The van der Waals surface area contributed by atoms with E-state index in [1.807, 2.05) is 48.5 Å². The number of halogens is 3. The summed E-state index contributed by atoms with van der Waals surface area (Å²) in [6.07, 6.45) is -3.27. The van der Waals surface area contributed by atoms with Crippen LogP contribution in [-0.4, -0.2) is 64.4 Å². The second-order valence-electron chi connectivity index (χ2n) is 11.7. The smallest absolute Gasteiger partial charge is 0.400 e. The number of nitrogens with zero attached hydrogens (tertiary/aromatic N) is 5. The molecule has 45 heavy (non-hydrogen) atoms. The number of hydrogen-bond acceptors (Lipinski definition) is 10. The number of benzene rings is 2. The summed E-state index contributed by atoms with van der Waals surface area (Å²) in [5.41, 5.74) is 0.996. The van der Waals surface area contributed by atoms with Gasteiger partial charge in [-0.1, -0.05) is 71.4 Å². The molecule has 2 aromatic heterocycles. The first-order valence-electron chi connectivity index (χ1n) is 14.9. The van der Waals surface area contributed by atoms with Crippen molar-refractivity contribution < 1.29 is 27.1 Å². The van der Waals surface area contributed by atoms with Crippen LogP contribution in [0.25, 0.3) is 11.6 Å². The average molecular weight is 636 g/mol. The Morgan fingerprint density at radius 2 is 1.84 bits per heavy atom. The van der Waals surface area contributed by atoms with Crippen molar-refractivity contribution in [3.05, 3.63) is 70.7 Å². The zero-order valence-electron chi connectivity index (χ0n) is 23.9. The van der Waals surface area contributed by atoms with E-state index in [1.54, 1.807) is 6.07 Å². The van der Waals surface area contributed by atoms with Gasteiger partial charge in [-0.2, -0.15) is 13.2 Å². The number of anilines is 3. The van der Waals surface area contributed by atoms with Gasteiger partial charge >= 0.3 is 12.2 Å². The number of rotatable bonds is 6. The van der Waals surface area contributed by atoms with E-state index in [0.717, 1.165) is 35.3 Å². The lowest BCUT2D eigenvalue weighted by Crippen LogP contribution is -2.57. The van der Waals surface area contributed by atoms with Gasteiger partial charge < -0.3 is 24.7 Å². The van der Waals surface area contributed by atoms with E-state index >= 15 is 0 Å². The number of amides is 1. The molecule has 2 N–H and O–H groups in total. The predicted molar refractivity (Wildman–Crippen MR) is 162 cm³/mol. The van der Waals surface area contributed by atoms with Gasteiger partial charge in [0.15, 0.2) is 5.69 Å². The quantitative estimate of drug-likeness (QED) is 0.274. The van der Waals surface area contributed by atoms with Crippen molar-refractivity contribution in [3.8, 4) is 11.6 Å². The van der Waals surface area contributed by atoms with Crippen LogP contribution >= 0.6 is 11.3 Å². The molecule has 0 bridgehead atoms. The van der Waals surface area contributed by atoms with Crippen LogP contribution in [0.15, 0.2) is 64.0 Å². The van der Waals surface area contributed by atoms with Crippen LogP contribution in [0.2, 0.25) is 0 Å². The molecule has 4 aromatic rings. The van der Waals surface area contributed by atoms with Gasteiger partial charge in [0.25, 0.3) is 11.8 Å². The maximum Gasteiger partial charge on any atom is 0.400 e. The Morgan fingerprint density at radius 1 is 1.04 bits per heavy atom. The third-order valence-corrected chi connectivity index (χ3v) is 10.4. The summed E-state index contributed by atoms with van der Waals surface area (Å²) in [5.74, 6) is -0.468. The molecule has 2 aromatic carbocycles. The number of benzodiazepines with no additional fused rings is 1. The standard InChI is InChI=1S/C31H28F3N7O3S/c32-31(33,34)30(13-6-14-30)28-37-23(27(45-28)41-15-16-43-21-12-11-20(21)41)26-39-40-29(44-26)38-24-25(42)35-19-10-5-4-9-18(19)22(36-24)17-7-2-1-3-8-17/h1-5,7-10,20-21,24H,6,11-16H2,(H,35,42)(H,38,40)/t20-,21+,24-/m1/s1. The number of carbonyl (C=O) groups is 1. The van der Waals surface area contributed by atoms with E-state index in [0.29, 0.717) is 36.0 Å². The number of ether oxygens (including phenoxy) is 1. The molecule has 0 unspecified atom stereocenters. The second kappa shape index (κ2) is 10.7. The molecular formula is C31H28F3N7O3S. The summed E-state index contributed by atoms with van der Waals surface area (Å²) in [7, 11) is 0. The zero-order valence-corrected chi connectivity index (χ0v) is 24.7. The summed E-state index contributed by atoms with van der Waals surface area (Å²) in [4.78, 5) is 24.7. The van der Waals surface area contributed by atoms with Crippen LogP contribution < -0.4 is 15.5 Å². The summed E-state index contributed by atoms with van der Waals surface area (Å²) in [6, 6.07) is 16.8. The summed E-state index contributed by atoms with van der Waals surface area (Å²) < 4.78 is 55.0. The molecule has 8 rings (SSSR count). The first kappa shape index (κ1) is 28.2. The Morgan fingerprint density at radius 3 is 2.58 bits per heavy atom. The van der Waals surface area contributed by atoms with Crippen molar-refractivity contribution in [1.29, 1.82) is 0 Å². The van der Waals surface area contributed by atoms with Crippen LogP contribution in [0.4, 0.5) is 29.9 Å². The molecule has 10 nitrogen and oxygen atoms in total. The fraction of sp³-hybridized carbons (Fsp3) is 0.387. The summed E-state index contributed by atoms with van der Waals surface area (Å²) in [5, 5.41) is 14.7. The largest absolute Gasteiger partial charge is 0.402 e. The van der Waals surface area contributed by atoms with E-state index in [4.69, 9.17) is 14.1 Å². The van der Waals surface area contributed by atoms with Crippen molar-refractivity contribution in [2.24, 2.45) is 4.99 Å². The number of morpholine rings is 1. The van der Waals surface area contributed by atoms with Crippen LogP contribution in [0.5, 0.6) is 0 Å². The minimum atomic E-state index is -4.43. The Bertz CT molecular complexity index is 1790. The molecule has 2 aliphatic heterocycles. The fourth-order valence-electron chi connectivity index (χ4n) is 6.40. The average Bonchev–Trinajstić information content (AvgIpc) is 3.59. The lowest BCUT2D eigenvalue weighted by molar-refractivity contribution is -0.212. The number of carbonyl (C=O) groups excluding carboxylic acids is 1. The molecule has 4 aliphatic rings. The molecule has 2 aliphatic carbocycles. The highest BCUT2D eigenvalue weighted by Gasteiger charge is 2.61. The fourth-order valence-corrected chi connectivity index (χ4v) is 7.81. The van der Waals surface area contributed by atoms with E-state index in [-0.39, 0.29) is 47.6 Å². The number of aromatic nitrogens is 3. The molecule has 4 heterocycles. The van der Waals surface area contributed by atoms with Crippen molar-refractivity contribution in [2.45, 2.75) is 62.0 Å². The summed E-state index contributed by atoms with van der Waals surface area (Å²) >= 11 is 1.05. The highest BCUT2D eigenvalue weighted by molar-refractivity contribution is 7.16. The SMILES string of the molecule is O=C1Nc2ccccc2C(c2ccccc2)=N[C@@H]1Nc1nnc(-c2nc(C3(C(F)(F)F)CCC3)sc2N2CCO[C@H]3CC[C@H]32)o1. The first-order chi connectivity index (χ1) is 21.8. The number of thiazole rings is 1. The van der Waals surface area contributed by atoms with Gasteiger partial charge in [0.1, 0.15) is 15.4 Å². The van der Waals surface area contributed by atoms with Gasteiger partial charge in [-0.3, -0.25) is 4.79 Å². The third kappa shape index (κ3) is 4.69. The van der Waals surface area contributed by atoms with Crippen LogP contribution in [-0.2, 0) is 14.9 Å². The van der Waals surface area contributed by atoms with Crippen molar-refractivity contribution in [2.75, 3.05) is 28.7 Å². The minimum Gasteiger partial charge on any atom is -0.402 e. The van der Waals surface area contributed by atoms with Crippen molar-refractivity contribution >= 4 is 39.7 Å². The minimum absolute atomic E-state index is 0.00434. The van der Waals surface area contributed by atoms with Gasteiger partial charge in [-0.15, -0.1) is 5.10 Å². The molecule has 14 heteroatoms. The lowest BCUT2D eigenvalue weighted by atomic mass is 9.68. The van der Waals surface area contributed by atoms with Crippen molar-refractivity contribution in [3.63, 3.8) is 0 Å². The van der Waals surface area contributed by atoms with E-state index in [9.17, 15) is 18.0 Å². The van der Waals surface area contributed by atoms with Gasteiger partial charge in [-0.05, 0) is 31.7 Å². The normalized spacial score (nSPS) is 23.9. The highest BCUT2D eigenvalue weighted by Crippen LogP contribution is 2.57. The van der Waals surface area contributed by atoms with Gasteiger partial charge in [-0.25, -0.2) is 9.98 Å². The van der Waals surface area contributed by atoms with Crippen LogP contribution in [0, 0.1) is 0 Å². The molecule has 0 spiro atoms. The van der Waals surface area contributed by atoms with Crippen molar-refractivity contribution in [1.82, 2.24) is 15.2 Å². The molecule has 2 saturated carbocycles. The van der Waals surface area contributed by atoms with E-state index in [1.165, 1.54) is 0 Å². The number of aliphatic imine (C=N–C) groups is 1. The maximum absolute atomic E-state index is 14.4. The Labute approximate surface area is 259 Å². The Kier molecular flexibility index (Phi) is 6.68. The second-order valence-corrected chi connectivity index (χ2v) is 12.7. The molecule has 232 valence electrons. The number of fused-ring (bicyclic) bond motifs is 2. The van der Waals surface area contributed by atoms with E-state index in [2.05, 4.69) is 30.7 Å². The monoisotopic (exact) mass is 635 g/mol. The molecule has 3 fully saturated rings. The van der Waals surface area contributed by atoms with E-state index < -0.39 is 23.7 Å². The zero-order chi connectivity index (χ0) is 30.8. The molecular weight excluding hydrogens is 607 g/mol. The molecule has 0 radical (unpaired) electrons. The molecule has 1 amide bonds. The Hall–Kier alpha value is -4.30. The lowest BCUT2D eigenvalue weighted by Gasteiger charge is -2.48. The maximum atomic E-state index is 14.4. The van der Waals surface area contributed by atoms with Gasteiger partial charge in [0, 0.05) is 17.7 Å². The topological polar surface area (TPSA) is 118 Å². The third-order valence-electron chi connectivity index (χ3n) is 9.15.